The number of hydrogen-bond acceptors (Lipinski definition) is 12. The number of aliphatic hydroxyl groups excluding tert-OH is 1. The maximum absolute atomic E-state index is 13.9. The molecule has 0 bridgehead atoms. The van der Waals surface area contributed by atoms with Crippen molar-refractivity contribution in [2.75, 3.05) is 24.7 Å². The lowest BCUT2D eigenvalue weighted by Crippen LogP contribution is -2.41. The Labute approximate surface area is 241 Å². The van der Waals surface area contributed by atoms with Gasteiger partial charge in [-0.3, -0.25) is 13.9 Å². The van der Waals surface area contributed by atoms with E-state index in [1.54, 1.807) is 51.2 Å². The summed E-state index contributed by atoms with van der Waals surface area (Å²) in [5.41, 5.74) is 6.57. The highest BCUT2D eigenvalue weighted by atomic mass is 35.5. The number of esters is 1. The molecule has 1 aliphatic heterocycles. The summed E-state index contributed by atoms with van der Waals surface area (Å²) in [6.07, 6.45) is -1.21. The lowest BCUT2D eigenvalue weighted by molar-refractivity contribution is -0.149. The molecule has 0 radical (unpaired) electrons. The molecule has 4 rings (SSSR count). The molecule has 5 N–H and O–H groups in total. The number of aliphatic hydroxyl groups is 1. The van der Waals surface area contributed by atoms with Crippen molar-refractivity contribution in [3.63, 3.8) is 0 Å². The molecule has 2 aromatic heterocycles. The maximum Gasteiger partial charge on any atom is 0.459 e. The number of nitrogen functional groups attached to an aromatic ring is 1. The van der Waals surface area contributed by atoms with Crippen molar-refractivity contribution >= 4 is 48.2 Å². The number of carbonyl (C=O) groups is 1. The van der Waals surface area contributed by atoms with Crippen LogP contribution in [0.4, 0.5) is 11.8 Å². The Morgan fingerprint density at radius 1 is 1.34 bits per heavy atom. The molecule has 1 fully saturated rings. The summed E-state index contributed by atoms with van der Waals surface area (Å²) in [7, 11) is -2.58. The van der Waals surface area contributed by atoms with E-state index in [9.17, 15) is 14.5 Å². The van der Waals surface area contributed by atoms with Crippen molar-refractivity contribution < 1.29 is 33.0 Å². The number of nitrogens with zero attached hydrogens (tertiary/aromatic N) is 4. The molecule has 41 heavy (non-hydrogen) atoms. The normalized spacial score (nSPS) is 24.6. The van der Waals surface area contributed by atoms with E-state index in [4.69, 9.17) is 35.9 Å². The van der Waals surface area contributed by atoms with Crippen molar-refractivity contribution in [2.45, 2.75) is 56.2 Å². The number of aromatic nitrogens is 4. The van der Waals surface area contributed by atoms with E-state index in [1.807, 2.05) is 0 Å². The first-order valence-corrected chi connectivity index (χ1v) is 14.6. The standard InChI is InChI=1S/C25H33ClN7O7P/c1-6-25(26)19(34)17(39-23(25)33-13-29-18-20(28-5)30-24(27)31-21(18)33)12-37-41(36,40-16-10-8-7-9-11-16)32-15(4)22(35)38-14(2)3/h6-11,13-15,17,19,23,34H,1,12H2,2-5H3,(H,32,36)(H3,27,28,30,31)/t15-,17+,19+,23+,25+,41-/m0/s1. The number of benzene rings is 1. The highest BCUT2D eigenvalue weighted by Crippen LogP contribution is 2.49. The van der Waals surface area contributed by atoms with Crippen LogP contribution >= 0.6 is 19.3 Å². The first-order valence-electron chi connectivity index (χ1n) is 12.7. The number of fused-ring (bicyclic) bond motifs is 1. The van der Waals surface area contributed by atoms with E-state index in [0.717, 1.165) is 0 Å². The highest BCUT2D eigenvalue weighted by Gasteiger charge is 2.55. The van der Waals surface area contributed by atoms with E-state index >= 15 is 0 Å². The van der Waals surface area contributed by atoms with Crippen LogP contribution in [0.15, 0.2) is 49.3 Å². The third kappa shape index (κ3) is 6.48. The summed E-state index contributed by atoms with van der Waals surface area (Å²) in [6, 6.07) is 7.21. The molecule has 3 aromatic rings. The minimum atomic E-state index is -4.24. The van der Waals surface area contributed by atoms with Crippen LogP contribution in [0.2, 0.25) is 0 Å². The minimum absolute atomic E-state index is 0.0176. The lowest BCUT2D eigenvalue weighted by atomic mass is 9.99. The largest absolute Gasteiger partial charge is 0.462 e. The second kappa shape index (κ2) is 12.3. The molecule has 0 aliphatic carbocycles. The summed E-state index contributed by atoms with van der Waals surface area (Å²) in [6.45, 7) is 8.18. The third-order valence-corrected chi connectivity index (χ3v) is 8.37. The van der Waals surface area contributed by atoms with E-state index < -0.39 is 49.7 Å². The van der Waals surface area contributed by atoms with Gasteiger partial charge in [-0.2, -0.15) is 15.1 Å². The number of carbonyl (C=O) groups excluding carboxylic acids is 1. The molecule has 1 aromatic carbocycles. The number of ether oxygens (including phenoxy) is 2. The van der Waals surface area contributed by atoms with Crippen LogP contribution in [-0.4, -0.2) is 73.5 Å². The van der Waals surface area contributed by atoms with E-state index in [2.05, 4.69) is 31.9 Å². The van der Waals surface area contributed by atoms with Gasteiger partial charge < -0.3 is 30.2 Å². The quantitative estimate of drug-likeness (QED) is 0.102. The lowest BCUT2D eigenvalue weighted by Gasteiger charge is -2.27. The molecule has 3 heterocycles. The van der Waals surface area contributed by atoms with E-state index in [-0.39, 0.29) is 17.8 Å². The molecular weight excluding hydrogens is 577 g/mol. The van der Waals surface area contributed by atoms with Gasteiger partial charge in [0.25, 0.3) is 0 Å². The van der Waals surface area contributed by atoms with Crippen LogP contribution in [0.5, 0.6) is 5.75 Å². The van der Waals surface area contributed by atoms with Gasteiger partial charge in [-0.15, -0.1) is 18.2 Å². The maximum atomic E-state index is 13.9. The van der Waals surface area contributed by atoms with Gasteiger partial charge in [-0.1, -0.05) is 24.3 Å². The van der Waals surface area contributed by atoms with Gasteiger partial charge in [-0.05, 0) is 32.9 Å². The van der Waals surface area contributed by atoms with Gasteiger partial charge in [0, 0.05) is 7.05 Å². The average Bonchev–Trinajstić information content (AvgIpc) is 3.45. The summed E-state index contributed by atoms with van der Waals surface area (Å²) in [5, 5.41) is 16.7. The summed E-state index contributed by atoms with van der Waals surface area (Å²) in [4.78, 5) is 23.6. The summed E-state index contributed by atoms with van der Waals surface area (Å²) >= 11 is 6.86. The number of anilines is 2. The first kappa shape index (κ1) is 30.7. The van der Waals surface area contributed by atoms with Crippen molar-refractivity contribution in [2.24, 2.45) is 0 Å². The van der Waals surface area contributed by atoms with Gasteiger partial charge in [0.2, 0.25) is 5.95 Å². The van der Waals surface area contributed by atoms with E-state index in [0.29, 0.717) is 17.0 Å². The zero-order chi connectivity index (χ0) is 29.9. The Balaban J connectivity index is 1.59. The van der Waals surface area contributed by atoms with Crippen LogP contribution in [0.1, 0.15) is 27.0 Å². The molecule has 0 unspecified atom stereocenters. The van der Waals surface area contributed by atoms with Crippen molar-refractivity contribution in [1.29, 1.82) is 0 Å². The Hall–Kier alpha value is -3.26. The van der Waals surface area contributed by atoms with Crippen LogP contribution in [-0.2, 0) is 23.4 Å². The van der Waals surface area contributed by atoms with Gasteiger partial charge >= 0.3 is 13.7 Å². The molecule has 1 aliphatic rings. The van der Waals surface area contributed by atoms with Crippen LogP contribution < -0.4 is 20.7 Å². The predicted octanol–water partition coefficient (Wildman–Crippen LogP) is 3.01. The number of halogens is 1. The fourth-order valence-electron chi connectivity index (χ4n) is 4.19. The number of alkyl halides is 1. The molecule has 0 spiro atoms. The van der Waals surface area contributed by atoms with Crippen LogP contribution in [0.25, 0.3) is 11.2 Å². The fourth-order valence-corrected chi connectivity index (χ4v) is 5.99. The Morgan fingerprint density at radius 2 is 2.05 bits per heavy atom. The first-order chi connectivity index (χ1) is 19.4. The second-order valence-corrected chi connectivity index (χ2v) is 11.9. The van der Waals surface area contributed by atoms with Gasteiger partial charge in [0.05, 0.1) is 19.0 Å². The minimum Gasteiger partial charge on any atom is -0.462 e. The van der Waals surface area contributed by atoms with Gasteiger partial charge in [0.1, 0.15) is 28.9 Å². The average molecular weight is 610 g/mol. The Bertz CT molecular complexity index is 1440. The van der Waals surface area contributed by atoms with E-state index in [1.165, 1.54) is 23.9 Å². The second-order valence-electron chi connectivity index (χ2n) is 9.54. The number of imidazole rings is 1. The van der Waals surface area contributed by atoms with Crippen LogP contribution in [0.3, 0.4) is 0 Å². The van der Waals surface area contributed by atoms with Crippen molar-refractivity contribution in [3.8, 4) is 5.75 Å². The zero-order valence-electron chi connectivity index (χ0n) is 22.9. The Kier molecular flexibility index (Phi) is 9.22. The fraction of sp³-hybridized carbons (Fsp3) is 0.440. The number of para-hydroxylation sites is 1. The number of nitrogens with two attached hydrogens (primary N) is 1. The topological polar surface area (TPSA) is 185 Å². The SMILES string of the molecule is C=C[C@@]1(Cl)[C@H](O)[C@@H](CO[P@@](=O)(N[C@@H](C)C(=O)OC(C)C)Oc2ccccc2)O[C@H]1n1cnc2c(NC)nc(N)nc21. The summed E-state index contributed by atoms with van der Waals surface area (Å²) in [5.74, 6) is -0.0632. The smallest absolute Gasteiger partial charge is 0.459 e. The molecule has 1 saturated heterocycles. The van der Waals surface area contributed by atoms with Gasteiger partial charge in [-0.25, -0.2) is 9.55 Å². The molecule has 0 saturated carbocycles. The van der Waals surface area contributed by atoms with Crippen molar-refractivity contribution in [3.05, 3.63) is 49.3 Å². The molecule has 6 atom stereocenters. The number of nitrogens with one attached hydrogen (secondary N) is 2. The summed E-state index contributed by atoms with van der Waals surface area (Å²) < 4.78 is 38.1. The third-order valence-electron chi connectivity index (χ3n) is 6.16. The Morgan fingerprint density at radius 3 is 2.68 bits per heavy atom. The zero-order valence-corrected chi connectivity index (χ0v) is 24.6. The number of rotatable bonds is 12. The van der Waals surface area contributed by atoms with Gasteiger partial charge in [0.15, 0.2) is 23.2 Å². The molecule has 16 heteroatoms. The van der Waals surface area contributed by atoms with Crippen molar-refractivity contribution in [1.82, 2.24) is 24.6 Å². The predicted molar refractivity (Wildman–Crippen MR) is 152 cm³/mol. The molecule has 0 amide bonds. The molecule has 14 nitrogen and oxygen atoms in total. The monoisotopic (exact) mass is 609 g/mol. The number of hydrogen-bond donors (Lipinski definition) is 4. The highest BCUT2D eigenvalue weighted by molar-refractivity contribution is 7.52. The molecule has 222 valence electrons. The van der Waals surface area contributed by atoms with Crippen LogP contribution in [0, 0.1) is 0 Å². The molecular formula is C25H33ClN7O7P.